The van der Waals surface area contributed by atoms with Crippen LogP contribution in [0.1, 0.15) is 0 Å². The van der Waals surface area contributed by atoms with Gasteiger partial charge in [-0.05, 0) is 0 Å². The predicted molar refractivity (Wildman–Crippen MR) is 44.5 cm³/mol. The third-order valence-electron chi connectivity index (χ3n) is 0. The van der Waals surface area contributed by atoms with Gasteiger partial charge in [0.25, 0.3) is 0 Å². The van der Waals surface area contributed by atoms with Crippen molar-refractivity contribution in [2.24, 2.45) is 0 Å². The van der Waals surface area contributed by atoms with Gasteiger partial charge in [0.1, 0.15) is 0 Å². The van der Waals surface area contributed by atoms with Crippen molar-refractivity contribution in [3.8, 4) is 0 Å². The van der Waals surface area contributed by atoms with E-state index in [2.05, 4.69) is 0 Å². The van der Waals surface area contributed by atoms with Crippen molar-refractivity contribution in [3.05, 3.63) is 0 Å². The summed E-state index contributed by atoms with van der Waals surface area (Å²) in [4.78, 5) is 0. The van der Waals surface area contributed by atoms with Gasteiger partial charge in [-0.25, -0.2) is 0 Å². The van der Waals surface area contributed by atoms with Gasteiger partial charge in [0.2, 0.25) is 0 Å². The van der Waals surface area contributed by atoms with Crippen LogP contribution in [-0.2, 0) is 27.5 Å². The molecule has 0 aromatic heterocycles. The van der Waals surface area contributed by atoms with E-state index in [1.807, 2.05) is 0 Å². The van der Waals surface area contributed by atoms with Crippen LogP contribution in [0, 0.1) is 0 Å². The molecule has 0 aliphatic rings. The SMILES string of the molecule is N.O.O.O.O.O.O.O.O=S(=O)(O)O.[Mn]. The molecule has 0 saturated carbocycles. The van der Waals surface area contributed by atoms with Gasteiger partial charge in [-0.15, -0.1) is 0 Å². The second-order valence-electron chi connectivity index (χ2n) is 0.448. The van der Waals surface area contributed by atoms with E-state index in [9.17, 15) is 0 Å². The molecule has 0 spiro atoms. The van der Waals surface area contributed by atoms with Gasteiger partial charge >= 0.3 is 10.4 Å². The topological polar surface area (TPSA) is 330 Å². The fourth-order valence-corrected chi connectivity index (χ4v) is 0. The summed E-state index contributed by atoms with van der Waals surface area (Å²) in [5, 5.41) is 0. The first kappa shape index (κ1) is 145. The van der Waals surface area contributed by atoms with Gasteiger partial charge in [0.05, 0.1) is 0 Å². The minimum Gasteiger partial charge on any atom is -0.412 e. The van der Waals surface area contributed by atoms with Gasteiger partial charge in [-0.3, -0.25) is 9.11 Å². The van der Waals surface area contributed by atoms with Crippen LogP contribution < -0.4 is 6.15 Å². The number of hydrogen-bond donors (Lipinski definition) is 3. The summed E-state index contributed by atoms with van der Waals surface area (Å²) < 4.78 is 31.6. The van der Waals surface area contributed by atoms with Crippen molar-refractivity contribution in [2.75, 3.05) is 0 Å². The van der Waals surface area contributed by atoms with Gasteiger partial charge in [-0.1, -0.05) is 0 Å². The molecular weight excluding hydrogens is 277 g/mol. The van der Waals surface area contributed by atoms with E-state index >= 15 is 0 Å². The van der Waals surface area contributed by atoms with Crippen molar-refractivity contribution in [3.63, 3.8) is 0 Å². The molecule has 103 valence electrons. The third kappa shape index (κ3) is 306000. The van der Waals surface area contributed by atoms with Crippen LogP contribution in [0.3, 0.4) is 0 Å². The molecule has 0 bridgehead atoms. The van der Waals surface area contributed by atoms with Gasteiger partial charge in [-0.2, -0.15) is 8.42 Å². The van der Waals surface area contributed by atoms with Gasteiger partial charge in [0.15, 0.2) is 0 Å². The molecule has 0 atom stereocenters. The van der Waals surface area contributed by atoms with E-state index in [1.165, 1.54) is 0 Å². The van der Waals surface area contributed by atoms with Crippen LogP contribution in [0.5, 0.6) is 0 Å². The molecule has 0 heterocycles. The van der Waals surface area contributed by atoms with Crippen molar-refractivity contribution in [1.82, 2.24) is 6.15 Å². The quantitative estimate of drug-likeness (QED) is 0.289. The molecule has 0 aromatic carbocycles. The minimum absolute atomic E-state index is 0. The average molecular weight is 296 g/mol. The Balaban J connectivity index is -0.00000000222. The average Bonchev–Trinajstić information content (AvgIpc) is 0.722. The number of rotatable bonds is 0. The summed E-state index contributed by atoms with van der Waals surface area (Å²) in [6.07, 6.45) is 0. The van der Waals surface area contributed by atoms with E-state index in [1.54, 1.807) is 0 Å². The smallest absolute Gasteiger partial charge is 0.394 e. The van der Waals surface area contributed by atoms with Crippen LogP contribution in [0.25, 0.3) is 0 Å². The van der Waals surface area contributed by atoms with E-state index in [0.29, 0.717) is 0 Å². The molecule has 0 unspecified atom stereocenters. The molecule has 0 amide bonds. The maximum Gasteiger partial charge on any atom is 0.394 e. The minimum atomic E-state index is -4.67. The predicted octanol–water partition coefficient (Wildman–Crippen LogP) is -6.27. The molecule has 0 rings (SSSR count). The summed E-state index contributed by atoms with van der Waals surface area (Å²) in [6, 6.07) is 0. The van der Waals surface area contributed by atoms with E-state index in [4.69, 9.17) is 17.5 Å². The van der Waals surface area contributed by atoms with Gasteiger partial charge < -0.3 is 44.5 Å². The zero-order valence-corrected chi connectivity index (χ0v) is 8.70. The summed E-state index contributed by atoms with van der Waals surface area (Å²) in [5.74, 6) is 0. The van der Waals surface area contributed by atoms with Crippen molar-refractivity contribution in [1.29, 1.82) is 0 Å². The van der Waals surface area contributed by atoms with Crippen LogP contribution in [0.15, 0.2) is 0 Å². The molecule has 14 heavy (non-hydrogen) atoms. The van der Waals surface area contributed by atoms with Gasteiger partial charge in [0, 0.05) is 17.1 Å². The molecule has 0 aliphatic carbocycles. The monoisotopic (exact) mass is 296 g/mol. The second kappa shape index (κ2) is 51.7. The molecule has 19 N–H and O–H groups in total. The first-order valence-electron chi connectivity index (χ1n) is 0.698. The fraction of sp³-hybridized carbons (Fsp3) is 0. The summed E-state index contributed by atoms with van der Waals surface area (Å²) in [5.41, 5.74) is 0. The Labute approximate surface area is 90.1 Å². The van der Waals surface area contributed by atoms with Crippen molar-refractivity contribution < 1.29 is 72.9 Å². The largest absolute Gasteiger partial charge is 0.412 e. The third-order valence-corrected chi connectivity index (χ3v) is 0. The van der Waals surface area contributed by atoms with Crippen LogP contribution in [0.2, 0.25) is 0 Å². The van der Waals surface area contributed by atoms with E-state index < -0.39 is 10.4 Å². The second-order valence-corrected chi connectivity index (χ2v) is 1.34. The van der Waals surface area contributed by atoms with E-state index in [-0.39, 0.29) is 61.6 Å². The zero-order valence-electron chi connectivity index (χ0n) is 6.70. The van der Waals surface area contributed by atoms with Crippen LogP contribution in [-0.4, -0.2) is 55.9 Å². The Bertz CT molecular complexity index is 98.5. The summed E-state index contributed by atoms with van der Waals surface area (Å²) >= 11 is 0. The fourth-order valence-electron chi connectivity index (χ4n) is 0. The van der Waals surface area contributed by atoms with Crippen molar-refractivity contribution >= 4 is 10.4 Å². The first-order valence-corrected chi connectivity index (χ1v) is 2.10. The molecule has 14 heteroatoms. The van der Waals surface area contributed by atoms with Crippen LogP contribution in [0.4, 0.5) is 0 Å². The molecular formula is H19MnNO11S. The Hall–Kier alpha value is 0.0695. The molecule has 0 aromatic rings. The normalized spacial score (nSPS) is 4.14. The molecule has 12 nitrogen and oxygen atoms in total. The van der Waals surface area contributed by atoms with Crippen molar-refractivity contribution in [2.45, 2.75) is 0 Å². The Morgan fingerprint density at radius 1 is 0.643 bits per heavy atom. The Morgan fingerprint density at radius 2 is 0.643 bits per heavy atom. The Morgan fingerprint density at radius 3 is 0.643 bits per heavy atom. The Kier molecular flexibility index (Phi) is 536. The molecule has 0 saturated heterocycles. The molecule has 1 radical (unpaired) electrons. The zero-order chi connectivity index (χ0) is 4.50. The summed E-state index contributed by atoms with van der Waals surface area (Å²) in [7, 11) is -4.67. The maximum atomic E-state index is 8.74. The number of hydrogen-bond acceptors (Lipinski definition) is 3. The van der Waals surface area contributed by atoms with E-state index in [0.717, 1.165) is 0 Å². The van der Waals surface area contributed by atoms with Crippen LogP contribution >= 0.6 is 0 Å². The molecule has 0 aliphatic heterocycles. The molecule has 0 fully saturated rings. The summed E-state index contributed by atoms with van der Waals surface area (Å²) in [6.45, 7) is 0. The first-order chi connectivity index (χ1) is 2.00. The standard InChI is InChI=1S/Mn.H3N.H2O4S.7H2O/c;;1-5(2,3)4;;;;;;;/h;1H3;(H2,1,2,3,4);7*1H2. The maximum absolute atomic E-state index is 8.74.